The van der Waals surface area contributed by atoms with Crippen LogP contribution in [0, 0.1) is 6.92 Å². The molecular formula is C31H34BrN3O5S. The number of fused-ring (bicyclic) bond motifs is 1. The minimum atomic E-state index is -0.772. The average Bonchev–Trinajstić information content (AvgIpc) is 3.57. The highest BCUT2D eigenvalue weighted by molar-refractivity contribution is 9.10. The van der Waals surface area contributed by atoms with E-state index in [1.165, 1.54) is 35.4 Å². The number of allylic oxidation sites excluding steroid dienone is 1. The molecular weight excluding hydrogens is 606 g/mol. The third-order valence-corrected chi connectivity index (χ3v) is 9.03. The minimum absolute atomic E-state index is 0.202. The quantitative estimate of drug-likeness (QED) is 0.327. The van der Waals surface area contributed by atoms with Gasteiger partial charge in [0.05, 0.1) is 42.2 Å². The highest BCUT2D eigenvalue weighted by Crippen LogP contribution is 2.41. The summed E-state index contributed by atoms with van der Waals surface area (Å²) in [5.74, 6) is 0.546. The first-order valence-electron chi connectivity index (χ1n) is 13.8. The van der Waals surface area contributed by atoms with Crippen molar-refractivity contribution in [1.29, 1.82) is 0 Å². The van der Waals surface area contributed by atoms with Gasteiger partial charge in [0, 0.05) is 23.2 Å². The van der Waals surface area contributed by atoms with Crippen LogP contribution in [0.25, 0.3) is 6.08 Å². The number of nitrogens with zero attached hydrogens (tertiary/aromatic N) is 3. The Morgan fingerprint density at radius 1 is 1.12 bits per heavy atom. The maximum absolute atomic E-state index is 14.1. The Hall–Kier alpha value is -3.37. The molecule has 3 aromatic rings. The van der Waals surface area contributed by atoms with Crippen molar-refractivity contribution < 1.29 is 19.0 Å². The number of carbonyl (C=O) groups is 1. The molecule has 0 radical (unpaired) electrons. The first kappa shape index (κ1) is 29.1. The fraction of sp³-hybridized carbons (Fsp3) is 0.387. The van der Waals surface area contributed by atoms with E-state index in [9.17, 15) is 9.59 Å². The lowest BCUT2D eigenvalue weighted by Crippen LogP contribution is -2.40. The highest BCUT2D eigenvalue weighted by atomic mass is 79.9. The Kier molecular flexibility index (Phi) is 8.70. The summed E-state index contributed by atoms with van der Waals surface area (Å²) in [4.78, 5) is 35.0. The van der Waals surface area contributed by atoms with Gasteiger partial charge in [0.25, 0.3) is 5.56 Å². The Morgan fingerprint density at radius 2 is 1.88 bits per heavy atom. The smallest absolute Gasteiger partial charge is 0.338 e. The van der Waals surface area contributed by atoms with Crippen molar-refractivity contribution in [3.8, 4) is 11.5 Å². The summed E-state index contributed by atoms with van der Waals surface area (Å²) < 4.78 is 19.6. The molecule has 2 aliphatic rings. The van der Waals surface area contributed by atoms with Crippen molar-refractivity contribution in [2.45, 2.75) is 46.6 Å². The third kappa shape index (κ3) is 5.59. The fourth-order valence-corrected chi connectivity index (χ4v) is 7.09. The molecule has 1 aromatic heterocycles. The van der Waals surface area contributed by atoms with E-state index in [4.69, 9.17) is 19.2 Å². The number of rotatable bonds is 8. The van der Waals surface area contributed by atoms with E-state index < -0.39 is 12.0 Å². The second kappa shape index (κ2) is 12.2. The van der Waals surface area contributed by atoms with Crippen molar-refractivity contribution in [1.82, 2.24) is 4.57 Å². The molecule has 8 nitrogen and oxygen atoms in total. The molecule has 0 N–H and O–H groups in total. The summed E-state index contributed by atoms with van der Waals surface area (Å²) in [6, 6.07) is 9.14. The van der Waals surface area contributed by atoms with Crippen LogP contribution in [-0.2, 0) is 9.53 Å². The molecule has 3 heterocycles. The van der Waals surface area contributed by atoms with Gasteiger partial charge in [-0.05, 0) is 87.6 Å². The third-order valence-electron chi connectivity index (χ3n) is 7.36. The Labute approximate surface area is 251 Å². The van der Waals surface area contributed by atoms with E-state index in [0.717, 1.165) is 18.7 Å². The molecule has 2 aromatic carbocycles. The fourth-order valence-electron chi connectivity index (χ4n) is 5.51. The van der Waals surface area contributed by atoms with Crippen molar-refractivity contribution in [2.75, 3.05) is 38.3 Å². The van der Waals surface area contributed by atoms with Crippen LogP contribution in [0.1, 0.15) is 56.3 Å². The van der Waals surface area contributed by atoms with Crippen LogP contribution in [0.3, 0.4) is 0 Å². The van der Waals surface area contributed by atoms with E-state index in [-0.39, 0.29) is 12.2 Å². The normalized spacial score (nSPS) is 17.0. The van der Waals surface area contributed by atoms with Gasteiger partial charge < -0.3 is 19.1 Å². The zero-order chi connectivity index (χ0) is 29.3. The number of aryl methyl sites for hydroxylation is 1. The monoisotopic (exact) mass is 639 g/mol. The van der Waals surface area contributed by atoms with Gasteiger partial charge in [0.1, 0.15) is 0 Å². The van der Waals surface area contributed by atoms with Crippen molar-refractivity contribution >= 4 is 45.0 Å². The molecule has 0 aliphatic carbocycles. The highest BCUT2D eigenvalue weighted by Gasteiger charge is 2.35. The molecule has 1 atom stereocenters. The molecule has 0 saturated carbocycles. The molecule has 0 bridgehead atoms. The number of carbonyl (C=O) groups excluding carboxylic acids is 1. The van der Waals surface area contributed by atoms with E-state index in [1.54, 1.807) is 31.6 Å². The second-order valence-electron chi connectivity index (χ2n) is 10.00. The first-order valence-corrected chi connectivity index (χ1v) is 15.4. The summed E-state index contributed by atoms with van der Waals surface area (Å²) in [7, 11) is 1.57. The Bertz CT molecular complexity index is 1700. The number of thiazole rings is 1. The predicted octanol–water partition coefficient (Wildman–Crippen LogP) is 4.88. The van der Waals surface area contributed by atoms with Gasteiger partial charge in [0.2, 0.25) is 0 Å². The Balaban J connectivity index is 1.68. The SMILES string of the molecule is CCOC(=O)C1=C(C)N=c2s/c(=C/c3ccc(N4CCCC4)c(C)c3)c(=O)n2[C@@H]1c1cc(OCC)c(OC)cc1Br. The lowest BCUT2D eigenvalue weighted by molar-refractivity contribution is -0.139. The number of esters is 1. The zero-order valence-corrected chi connectivity index (χ0v) is 26.4. The van der Waals surface area contributed by atoms with Gasteiger partial charge in [0.15, 0.2) is 16.3 Å². The molecule has 0 spiro atoms. The van der Waals surface area contributed by atoms with Crippen molar-refractivity contribution in [2.24, 2.45) is 4.99 Å². The number of hydrogen-bond acceptors (Lipinski definition) is 8. The number of hydrogen-bond donors (Lipinski definition) is 0. The van der Waals surface area contributed by atoms with Crippen LogP contribution < -0.4 is 29.3 Å². The molecule has 216 valence electrons. The van der Waals surface area contributed by atoms with E-state index in [2.05, 4.69) is 46.0 Å². The molecule has 0 amide bonds. The summed E-state index contributed by atoms with van der Waals surface area (Å²) in [5, 5.41) is 0. The maximum atomic E-state index is 14.1. The standard InChI is InChI=1S/C31H34BrN3O5S/c1-6-39-25-16-21(22(32)17-24(25)38-5)28-27(30(37)40-7-2)19(4)33-31-35(28)29(36)26(41-31)15-20-10-11-23(18(3)14-20)34-12-8-9-13-34/h10-11,14-17,28H,6-9,12-13H2,1-5H3/b26-15+/t28-/m1/s1. The van der Waals surface area contributed by atoms with Crippen LogP contribution in [0.5, 0.6) is 11.5 Å². The average molecular weight is 641 g/mol. The predicted molar refractivity (Wildman–Crippen MR) is 165 cm³/mol. The van der Waals surface area contributed by atoms with E-state index >= 15 is 0 Å². The van der Waals surface area contributed by atoms with Crippen LogP contribution >= 0.6 is 27.3 Å². The largest absolute Gasteiger partial charge is 0.493 e. The number of aromatic nitrogens is 1. The van der Waals surface area contributed by atoms with E-state index in [1.807, 2.05) is 19.1 Å². The molecule has 1 saturated heterocycles. The van der Waals surface area contributed by atoms with Gasteiger partial charge in [-0.3, -0.25) is 9.36 Å². The minimum Gasteiger partial charge on any atom is -0.493 e. The van der Waals surface area contributed by atoms with Crippen LogP contribution in [0.4, 0.5) is 5.69 Å². The van der Waals surface area contributed by atoms with Gasteiger partial charge in [-0.15, -0.1) is 0 Å². The topological polar surface area (TPSA) is 82.4 Å². The summed E-state index contributed by atoms with van der Waals surface area (Å²) in [6.45, 7) is 10.3. The number of anilines is 1. The lowest BCUT2D eigenvalue weighted by atomic mass is 9.95. The van der Waals surface area contributed by atoms with Gasteiger partial charge in [-0.1, -0.05) is 33.3 Å². The number of halogens is 1. The Morgan fingerprint density at radius 3 is 2.54 bits per heavy atom. The second-order valence-corrected chi connectivity index (χ2v) is 11.9. The summed E-state index contributed by atoms with van der Waals surface area (Å²) in [6.07, 6.45) is 4.33. The number of ether oxygens (including phenoxy) is 3. The van der Waals surface area contributed by atoms with Gasteiger partial charge in [-0.2, -0.15) is 0 Å². The lowest BCUT2D eigenvalue weighted by Gasteiger charge is -2.26. The first-order chi connectivity index (χ1) is 19.8. The molecule has 1 fully saturated rings. The van der Waals surface area contributed by atoms with Crippen LogP contribution in [0.2, 0.25) is 0 Å². The molecule has 0 unspecified atom stereocenters. The van der Waals surface area contributed by atoms with Crippen LogP contribution in [-0.4, -0.2) is 43.9 Å². The van der Waals surface area contributed by atoms with Crippen molar-refractivity contribution in [3.63, 3.8) is 0 Å². The van der Waals surface area contributed by atoms with Crippen LogP contribution in [0.15, 0.2) is 55.9 Å². The zero-order valence-electron chi connectivity index (χ0n) is 24.0. The van der Waals surface area contributed by atoms with E-state index in [0.29, 0.717) is 48.7 Å². The molecule has 41 heavy (non-hydrogen) atoms. The maximum Gasteiger partial charge on any atom is 0.338 e. The summed E-state index contributed by atoms with van der Waals surface area (Å²) in [5.41, 5.74) is 4.62. The summed E-state index contributed by atoms with van der Waals surface area (Å²) >= 11 is 4.97. The molecule has 2 aliphatic heterocycles. The van der Waals surface area contributed by atoms with Gasteiger partial charge >= 0.3 is 5.97 Å². The van der Waals surface area contributed by atoms with Gasteiger partial charge in [-0.25, -0.2) is 9.79 Å². The number of methoxy groups -OCH3 is 1. The van der Waals surface area contributed by atoms with Crippen molar-refractivity contribution in [3.05, 3.63) is 82.5 Å². The molecule has 10 heteroatoms. The molecule has 5 rings (SSSR count). The number of benzene rings is 2.